The minimum absolute atomic E-state index is 0.132. The van der Waals surface area contributed by atoms with Gasteiger partial charge in [0, 0.05) is 12.6 Å². The Morgan fingerprint density at radius 2 is 1.79 bits per heavy atom. The third kappa shape index (κ3) is 4.09. The van der Waals surface area contributed by atoms with Crippen LogP contribution < -0.4 is 5.73 Å². The highest BCUT2D eigenvalue weighted by molar-refractivity contribution is 5.83. The van der Waals surface area contributed by atoms with Gasteiger partial charge in [-0.05, 0) is 26.7 Å². The molecule has 0 atom stereocenters. The molecular weight excluding hydrogens is 257 g/mol. The summed E-state index contributed by atoms with van der Waals surface area (Å²) in [7, 11) is 0. The van der Waals surface area contributed by atoms with Gasteiger partial charge in [0.15, 0.2) is 0 Å². The molecule has 0 aromatic carbocycles. The largest absolute Gasteiger partial charge is 0.406 e. The lowest BCUT2D eigenvalue weighted by Crippen LogP contribution is -2.53. The Hall–Kier alpha value is -0.780. The van der Waals surface area contributed by atoms with Crippen molar-refractivity contribution in [1.29, 1.82) is 0 Å². The highest BCUT2D eigenvalue weighted by atomic mass is 19.4. The molecule has 0 saturated heterocycles. The van der Waals surface area contributed by atoms with E-state index >= 15 is 0 Å². The maximum atomic E-state index is 12.6. The van der Waals surface area contributed by atoms with Crippen LogP contribution in [0.3, 0.4) is 0 Å². The van der Waals surface area contributed by atoms with Crippen LogP contribution >= 0.6 is 0 Å². The fraction of sp³-hybridized carbons (Fsp3) is 0.923. The molecule has 112 valence electrons. The predicted octanol–water partition coefficient (Wildman–Crippen LogP) is 2.69. The van der Waals surface area contributed by atoms with Crippen LogP contribution in [0.5, 0.6) is 0 Å². The van der Waals surface area contributed by atoms with Gasteiger partial charge in [-0.15, -0.1) is 0 Å². The maximum Gasteiger partial charge on any atom is 0.406 e. The Labute approximate surface area is 112 Å². The van der Waals surface area contributed by atoms with Gasteiger partial charge in [0.1, 0.15) is 6.54 Å². The zero-order valence-corrected chi connectivity index (χ0v) is 11.6. The van der Waals surface area contributed by atoms with E-state index in [-0.39, 0.29) is 6.54 Å². The number of carbonyl (C=O) groups excluding carboxylic acids is 1. The van der Waals surface area contributed by atoms with Crippen molar-refractivity contribution in [3.63, 3.8) is 0 Å². The summed E-state index contributed by atoms with van der Waals surface area (Å²) in [6.45, 7) is 2.16. The smallest absolute Gasteiger partial charge is 0.331 e. The van der Waals surface area contributed by atoms with E-state index in [0.717, 1.165) is 24.2 Å². The number of halogens is 3. The standard InChI is InChI=1S/C13H23F3N2O/c1-10(2)18(9-13(14,15)16)11(19)12(8-17)6-4-3-5-7-12/h10H,3-9,17H2,1-2H3. The lowest BCUT2D eigenvalue weighted by atomic mass is 9.73. The van der Waals surface area contributed by atoms with Crippen molar-refractivity contribution in [1.82, 2.24) is 4.90 Å². The number of amides is 1. The molecule has 1 saturated carbocycles. The summed E-state index contributed by atoms with van der Waals surface area (Å²) in [5.41, 5.74) is 4.93. The molecular formula is C13H23F3N2O. The topological polar surface area (TPSA) is 46.3 Å². The minimum atomic E-state index is -4.37. The zero-order chi connectivity index (χ0) is 14.7. The molecule has 6 heteroatoms. The van der Waals surface area contributed by atoms with Crippen molar-refractivity contribution in [2.24, 2.45) is 11.1 Å². The van der Waals surface area contributed by atoms with Gasteiger partial charge in [-0.25, -0.2) is 0 Å². The van der Waals surface area contributed by atoms with Crippen molar-refractivity contribution >= 4 is 5.91 Å². The van der Waals surface area contributed by atoms with E-state index in [4.69, 9.17) is 5.73 Å². The molecule has 1 fully saturated rings. The van der Waals surface area contributed by atoms with Gasteiger partial charge in [-0.1, -0.05) is 19.3 Å². The highest BCUT2D eigenvalue weighted by Crippen LogP contribution is 2.38. The van der Waals surface area contributed by atoms with E-state index in [9.17, 15) is 18.0 Å². The van der Waals surface area contributed by atoms with E-state index in [1.54, 1.807) is 13.8 Å². The van der Waals surface area contributed by atoms with E-state index in [1.807, 2.05) is 0 Å². The molecule has 0 radical (unpaired) electrons. The number of nitrogens with zero attached hydrogens (tertiary/aromatic N) is 1. The Morgan fingerprint density at radius 3 is 2.16 bits per heavy atom. The van der Waals surface area contributed by atoms with Crippen LogP contribution in [0.1, 0.15) is 46.0 Å². The lowest BCUT2D eigenvalue weighted by molar-refractivity contribution is -0.172. The van der Waals surface area contributed by atoms with Gasteiger partial charge in [0.25, 0.3) is 0 Å². The van der Waals surface area contributed by atoms with Crippen LogP contribution in [0.15, 0.2) is 0 Å². The SMILES string of the molecule is CC(C)N(CC(F)(F)F)C(=O)C1(CN)CCCCC1. The molecule has 0 spiro atoms. The molecule has 1 aliphatic carbocycles. The monoisotopic (exact) mass is 280 g/mol. The summed E-state index contributed by atoms with van der Waals surface area (Å²) in [5, 5.41) is 0. The fourth-order valence-corrected chi connectivity index (χ4v) is 2.72. The molecule has 1 rings (SSSR count). The van der Waals surface area contributed by atoms with Crippen molar-refractivity contribution in [2.45, 2.75) is 58.2 Å². The first-order valence-electron chi connectivity index (χ1n) is 6.80. The average Bonchev–Trinajstić information content (AvgIpc) is 2.34. The van der Waals surface area contributed by atoms with Gasteiger partial charge in [0.05, 0.1) is 5.41 Å². The number of alkyl halides is 3. The lowest BCUT2D eigenvalue weighted by Gasteiger charge is -2.40. The van der Waals surface area contributed by atoms with Crippen LogP contribution in [0, 0.1) is 5.41 Å². The Morgan fingerprint density at radius 1 is 1.26 bits per heavy atom. The number of hydrogen-bond acceptors (Lipinski definition) is 2. The third-order valence-corrected chi connectivity index (χ3v) is 3.89. The molecule has 1 aliphatic rings. The molecule has 0 heterocycles. The first-order chi connectivity index (χ1) is 8.72. The van der Waals surface area contributed by atoms with Crippen LogP contribution in [-0.2, 0) is 4.79 Å². The van der Waals surface area contributed by atoms with Crippen molar-refractivity contribution < 1.29 is 18.0 Å². The highest BCUT2D eigenvalue weighted by Gasteiger charge is 2.44. The molecule has 2 N–H and O–H groups in total. The fourth-order valence-electron chi connectivity index (χ4n) is 2.72. The maximum absolute atomic E-state index is 12.6. The van der Waals surface area contributed by atoms with Gasteiger partial charge in [-0.3, -0.25) is 4.79 Å². The normalized spacial score (nSPS) is 19.5. The molecule has 0 aliphatic heterocycles. The first-order valence-corrected chi connectivity index (χ1v) is 6.80. The summed E-state index contributed by atoms with van der Waals surface area (Å²) in [5.74, 6) is -0.429. The van der Waals surface area contributed by atoms with Gasteiger partial charge >= 0.3 is 6.18 Å². The average molecular weight is 280 g/mol. The zero-order valence-electron chi connectivity index (χ0n) is 11.6. The van der Waals surface area contributed by atoms with Crippen LogP contribution in [-0.4, -0.2) is 36.1 Å². The quantitative estimate of drug-likeness (QED) is 0.860. The van der Waals surface area contributed by atoms with Crippen LogP contribution in [0.2, 0.25) is 0 Å². The minimum Gasteiger partial charge on any atom is -0.331 e. The van der Waals surface area contributed by atoms with Gasteiger partial charge in [0.2, 0.25) is 5.91 Å². The van der Waals surface area contributed by atoms with E-state index in [0.29, 0.717) is 12.8 Å². The number of rotatable bonds is 4. The van der Waals surface area contributed by atoms with E-state index in [1.165, 1.54) is 0 Å². The van der Waals surface area contributed by atoms with E-state index < -0.39 is 30.1 Å². The third-order valence-electron chi connectivity index (χ3n) is 3.89. The summed E-state index contributed by atoms with van der Waals surface area (Å²) < 4.78 is 37.8. The molecule has 3 nitrogen and oxygen atoms in total. The Balaban J connectivity index is 2.91. The Bertz CT molecular complexity index is 310. The number of carbonyl (C=O) groups is 1. The van der Waals surface area contributed by atoms with E-state index in [2.05, 4.69) is 0 Å². The summed E-state index contributed by atoms with van der Waals surface area (Å²) >= 11 is 0. The predicted molar refractivity (Wildman–Crippen MR) is 67.5 cm³/mol. The van der Waals surface area contributed by atoms with Gasteiger partial charge < -0.3 is 10.6 Å². The number of nitrogens with two attached hydrogens (primary N) is 1. The second-order valence-electron chi connectivity index (χ2n) is 5.69. The summed E-state index contributed by atoms with van der Waals surface area (Å²) in [6.07, 6.45) is -0.422. The molecule has 0 bridgehead atoms. The van der Waals surface area contributed by atoms with Crippen LogP contribution in [0.25, 0.3) is 0 Å². The molecule has 0 unspecified atom stereocenters. The molecule has 1 amide bonds. The first kappa shape index (κ1) is 16.3. The molecule has 0 aromatic heterocycles. The van der Waals surface area contributed by atoms with Crippen LogP contribution in [0.4, 0.5) is 13.2 Å². The van der Waals surface area contributed by atoms with Crippen molar-refractivity contribution in [2.75, 3.05) is 13.1 Å². The number of hydrogen-bond donors (Lipinski definition) is 1. The summed E-state index contributed by atoms with van der Waals surface area (Å²) in [6, 6.07) is -0.473. The molecule has 0 aromatic rings. The van der Waals surface area contributed by atoms with Crippen molar-refractivity contribution in [3.8, 4) is 0 Å². The molecule has 19 heavy (non-hydrogen) atoms. The second-order valence-corrected chi connectivity index (χ2v) is 5.69. The second kappa shape index (κ2) is 6.11. The summed E-state index contributed by atoms with van der Waals surface area (Å²) in [4.78, 5) is 13.4. The Kier molecular flexibility index (Phi) is 5.24. The van der Waals surface area contributed by atoms with Crippen molar-refractivity contribution in [3.05, 3.63) is 0 Å². The van der Waals surface area contributed by atoms with Gasteiger partial charge in [-0.2, -0.15) is 13.2 Å².